The van der Waals surface area contributed by atoms with E-state index in [1.807, 2.05) is 30.9 Å². The van der Waals surface area contributed by atoms with Crippen LogP contribution in [-0.4, -0.2) is 16.8 Å². The molecule has 114 valence electrons. The lowest BCUT2D eigenvalue weighted by molar-refractivity contribution is 0.289. The van der Waals surface area contributed by atoms with Crippen molar-refractivity contribution < 1.29 is 4.74 Å². The third kappa shape index (κ3) is 3.86. The van der Waals surface area contributed by atoms with E-state index in [2.05, 4.69) is 52.3 Å². The van der Waals surface area contributed by atoms with E-state index >= 15 is 0 Å². The molecule has 2 aromatic rings. The molecule has 4 nitrogen and oxygen atoms in total. The van der Waals surface area contributed by atoms with Crippen LogP contribution in [0, 0.1) is 0 Å². The molecule has 21 heavy (non-hydrogen) atoms. The summed E-state index contributed by atoms with van der Waals surface area (Å²) in [5, 5.41) is 7.70. The smallest absolute Gasteiger partial charge is 0.130 e. The average molecular weight is 352 g/mol. The third-order valence-electron chi connectivity index (χ3n) is 3.64. The molecule has 0 spiro atoms. The Morgan fingerprint density at radius 1 is 1.38 bits per heavy atom. The van der Waals surface area contributed by atoms with Gasteiger partial charge in [0.05, 0.1) is 11.4 Å². The number of hydrogen-bond donors (Lipinski definition) is 1. The van der Waals surface area contributed by atoms with Crippen molar-refractivity contribution in [3.05, 3.63) is 45.7 Å². The summed E-state index contributed by atoms with van der Waals surface area (Å²) in [5.74, 6) is 0.902. The van der Waals surface area contributed by atoms with Crippen LogP contribution in [0.3, 0.4) is 0 Å². The Hall–Kier alpha value is -1.33. The third-order valence-corrected chi connectivity index (χ3v) is 4.13. The molecule has 0 aliphatic heterocycles. The fraction of sp³-hybridized carbons (Fsp3) is 0.438. The van der Waals surface area contributed by atoms with E-state index in [0.717, 1.165) is 33.6 Å². The maximum absolute atomic E-state index is 6.02. The average Bonchev–Trinajstić information content (AvgIpc) is 2.85. The lowest BCUT2D eigenvalue weighted by atomic mass is 10.1. The van der Waals surface area contributed by atoms with Crippen LogP contribution in [0.5, 0.6) is 5.75 Å². The van der Waals surface area contributed by atoms with Gasteiger partial charge in [-0.3, -0.25) is 4.68 Å². The van der Waals surface area contributed by atoms with Crippen molar-refractivity contribution in [2.45, 2.75) is 32.9 Å². The summed E-state index contributed by atoms with van der Waals surface area (Å²) in [6, 6.07) is 8.43. The number of hydrogen-bond acceptors (Lipinski definition) is 3. The summed E-state index contributed by atoms with van der Waals surface area (Å²) in [6.07, 6.45) is 0.939. The topological polar surface area (TPSA) is 39.1 Å². The van der Waals surface area contributed by atoms with Gasteiger partial charge in [0.25, 0.3) is 0 Å². The zero-order valence-electron chi connectivity index (χ0n) is 13.0. The molecule has 1 heterocycles. The second kappa shape index (κ2) is 7.09. The minimum absolute atomic E-state index is 0.232. The molecule has 0 fully saturated rings. The van der Waals surface area contributed by atoms with Gasteiger partial charge < -0.3 is 10.1 Å². The maximum atomic E-state index is 6.02. The lowest BCUT2D eigenvalue weighted by Gasteiger charge is -2.17. The van der Waals surface area contributed by atoms with Crippen LogP contribution < -0.4 is 10.1 Å². The first kappa shape index (κ1) is 16.0. The number of ether oxygens (including phenoxy) is 1. The number of nitrogens with zero attached hydrogens (tertiary/aromatic N) is 2. The summed E-state index contributed by atoms with van der Waals surface area (Å²) in [4.78, 5) is 0. The highest BCUT2D eigenvalue weighted by Crippen LogP contribution is 2.29. The van der Waals surface area contributed by atoms with Gasteiger partial charge >= 0.3 is 0 Å². The van der Waals surface area contributed by atoms with Gasteiger partial charge in [-0.05, 0) is 44.7 Å². The Balaban J connectivity index is 2.17. The first-order valence-corrected chi connectivity index (χ1v) is 7.95. The number of aryl methyl sites for hydroxylation is 2. The van der Waals surface area contributed by atoms with E-state index in [0.29, 0.717) is 6.61 Å². The van der Waals surface area contributed by atoms with E-state index < -0.39 is 0 Å². The van der Waals surface area contributed by atoms with Gasteiger partial charge in [-0.1, -0.05) is 22.9 Å². The highest BCUT2D eigenvalue weighted by atomic mass is 79.9. The number of rotatable bonds is 6. The fourth-order valence-electron chi connectivity index (χ4n) is 2.18. The van der Waals surface area contributed by atoms with E-state index in [1.54, 1.807) is 0 Å². The van der Waals surface area contributed by atoms with Crippen molar-refractivity contribution in [1.82, 2.24) is 15.1 Å². The number of aromatic nitrogens is 2. The van der Waals surface area contributed by atoms with Gasteiger partial charge in [0.1, 0.15) is 12.4 Å². The summed E-state index contributed by atoms with van der Waals surface area (Å²) < 4.78 is 8.96. The molecule has 1 unspecified atom stereocenters. The molecule has 1 N–H and O–H groups in total. The Labute approximate surface area is 134 Å². The molecule has 0 radical (unpaired) electrons. The van der Waals surface area contributed by atoms with Gasteiger partial charge in [0.2, 0.25) is 0 Å². The SMILES string of the molecule is CCc1cc(COc2ccc(Br)cc2C(C)NC)n(C)n1. The van der Waals surface area contributed by atoms with Crippen LogP contribution in [0.2, 0.25) is 0 Å². The van der Waals surface area contributed by atoms with Gasteiger partial charge in [0.15, 0.2) is 0 Å². The second-order valence-electron chi connectivity index (χ2n) is 5.09. The molecular weight excluding hydrogens is 330 g/mol. The van der Waals surface area contributed by atoms with Crippen LogP contribution >= 0.6 is 15.9 Å². The molecule has 1 aromatic carbocycles. The summed E-state index contributed by atoms with van der Waals surface area (Å²) in [6.45, 7) is 4.75. The quantitative estimate of drug-likeness (QED) is 0.863. The van der Waals surface area contributed by atoms with Crippen LogP contribution in [0.4, 0.5) is 0 Å². The minimum atomic E-state index is 0.232. The highest BCUT2D eigenvalue weighted by Gasteiger charge is 2.12. The lowest BCUT2D eigenvalue weighted by Crippen LogP contribution is -2.14. The Morgan fingerprint density at radius 3 is 2.76 bits per heavy atom. The van der Waals surface area contributed by atoms with Gasteiger partial charge in [-0.15, -0.1) is 0 Å². The first-order chi connectivity index (χ1) is 10.0. The first-order valence-electron chi connectivity index (χ1n) is 7.16. The molecule has 0 aliphatic rings. The van der Waals surface area contributed by atoms with Crippen LogP contribution in [-0.2, 0) is 20.1 Å². The zero-order valence-corrected chi connectivity index (χ0v) is 14.6. The molecule has 5 heteroatoms. The molecule has 1 atom stereocenters. The molecule has 1 aromatic heterocycles. The number of halogens is 1. The molecule has 0 amide bonds. The summed E-state index contributed by atoms with van der Waals surface area (Å²) in [5.41, 5.74) is 3.32. The van der Waals surface area contributed by atoms with Crippen LogP contribution in [0.15, 0.2) is 28.7 Å². The largest absolute Gasteiger partial charge is 0.487 e. The van der Waals surface area contributed by atoms with Crippen molar-refractivity contribution in [2.75, 3.05) is 7.05 Å². The van der Waals surface area contributed by atoms with Gasteiger partial charge in [0, 0.05) is 23.1 Å². The Morgan fingerprint density at radius 2 is 2.14 bits per heavy atom. The minimum Gasteiger partial charge on any atom is -0.487 e. The van der Waals surface area contributed by atoms with Crippen LogP contribution in [0.1, 0.15) is 36.8 Å². The van der Waals surface area contributed by atoms with Crippen molar-refractivity contribution in [3.8, 4) is 5.75 Å². The Bertz CT molecular complexity index is 610. The van der Waals surface area contributed by atoms with Gasteiger partial charge in [-0.2, -0.15) is 5.10 Å². The molecular formula is C16H22BrN3O. The standard InChI is InChI=1S/C16H22BrN3O/c1-5-13-9-14(20(4)19-13)10-21-16-7-6-12(17)8-15(16)11(2)18-3/h6-9,11,18H,5,10H2,1-4H3. The van der Waals surface area contributed by atoms with E-state index in [-0.39, 0.29) is 6.04 Å². The molecule has 0 aliphatic carbocycles. The van der Waals surface area contributed by atoms with Crippen molar-refractivity contribution in [3.63, 3.8) is 0 Å². The van der Waals surface area contributed by atoms with Gasteiger partial charge in [-0.25, -0.2) is 0 Å². The molecule has 0 bridgehead atoms. The fourth-order valence-corrected chi connectivity index (χ4v) is 2.55. The summed E-state index contributed by atoms with van der Waals surface area (Å²) >= 11 is 3.52. The summed E-state index contributed by atoms with van der Waals surface area (Å²) in [7, 11) is 3.90. The normalized spacial score (nSPS) is 12.4. The number of benzene rings is 1. The van der Waals surface area contributed by atoms with Crippen LogP contribution in [0.25, 0.3) is 0 Å². The molecule has 2 rings (SSSR count). The highest BCUT2D eigenvalue weighted by molar-refractivity contribution is 9.10. The Kier molecular flexibility index (Phi) is 5.42. The predicted octanol–water partition coefficient (Wildman–Crippen LogP) is 3.60. The van der Waals surface area contributed by atoms with E-state index in [4.69, 9.17) is 4.74 Å². The molecule has 0 saturated heterocycles. The van der Waals surface area contributed by atoms with Crippen molar-refractivity contribution in [1.29, 1.82) is 0 Å². The van der Waals surface area contributed by atoms with E-state index in [1.165, 1.54) is 0 Å². The second-order valence-corrected chi connectivity index (χ2v) is 6.00. The van der Waals surface area contributed by atoms with Crippen molar-refractivity contribution >= 4 is 15.9 Å². The monoisotopic (exact) mass is 351 g/mol. The number of nitrogens with one attached hydrogen (secondary N) is 1. The zero-order chi connectivity index (χ0) is 15.4. The van der Waals surface area contributed by atoms with Crippen molar-refractivity contribution in [2.24, 2.45) is 7.05 Å². The molecule has 0 saturated carbocycles. The maximum Gasteiger partial charge on any atom is 0.130 e. The van der Waals surface area contributed by atoms with E-state index in [9.17, 15) is 0 Å². The predicted molar refractivity (Wildman–Crippen MR) is 88.5 cm³/mol.